The van der Waals surface area contributed by atoms with E-state index in [9.17, 15) is 0 Å². The second kappa shape index (κ2) is 6.44. The van der Waals surface area contributed by atoms with Crippen molar-refractivity contribution in [1.29, 1.82) is 0 Å². The Labute approximate surface area is 89.7 Å². The van der Waals surface area contributed by atoms with E-state index in [0.29, 0.717) is 0 Å². The second-order valence-electron chi connectivity index (χ2n) is 5.34. The Morgan fingerprint density at radius 3 is 2.29 bits per heavy atom. The van der Waals surface area contributed by atoms with E-state index in [4.69, 9.17) is 0 Å². The van der Waals surface area contributed by atoms with Gasteiger partial charge in [-0.05, 0) is 38.1 Å². The molecule has 1 unspecified atom stereocenters. The summed E-state index contributed by atoms with van der Waals surface area (Å²) in [7, 11) is 2.12. The Morgan fingerprint density at radius 2 is 1.79 bits per heavy atom. The summed E-state index contributed by atoms with van der Waals surface area (Å²) in [5.74, 6) is 1.88. The molecule has 0 radical (unpaired) electrons. The lowest BCUT2D eigenvalue weighted by Crippen LogP contribution is -2.27. The minimum atomic E-state index is 0.778. The lowest BCUT2D eigenvalue weighted by Gasteiger charge is -2.20. The average Bonchev–Trinajstić information content (AvgIpc) is 2.64. The Balaban J connectivity index is 2.16. The van der Waals surface area contributed by atoms with Gasteiger partial charge in [0.15, 0.2) is 0 Å². The van der Waals surface area contributed by atoms with Gasteiger partial charge in [0.1, 0.15) is 0 Å². The molecule has 0 aromatic heterocycles. The molecule has 0 spiro atoms. The first-order valence-corrected chi connectivity index (χ1v) is 6.39. The van der Waals surface area contributed by atoms with Gasteiger partial charge in [-0.25, -0.2) is 0 Å². The fourth-order valence-electron chi connectivity index (χ4n) is 2.56. The lowest BCUT2D eigenvalue weighted by atomic mass is 9.93. The lowest BCUT2D eigenvalue weighted by molar-refractivity contribution is 0.365. The molecule has 0 amide bonds. The standard InChI is InChI=1S/C13H27N/c1-11(2)8-9-13(14-3)10-12-6-4-5-7-12/h11-14H,4-10H2,1-3H3. The summed E-state index contributed by atoms with van der Waals surface area (Å²) in [5, 5.41) is 3.48. The van der Waals surface area contributed by atoms with Crippen molar-refractivity contribution in [2.24, 2.45) is 11.8 Å². The molecule has 1 N–H and O–H groups in total. The maximum Gasteiger partial charge on any atom is 0.00668 e. The van der Waals surface area contributed by atoms with Gasteiger partial charge in [-0.2, -0.15) is 0 Å². The highest BCUT2D eigenvalue weighted by Gasteiger charge is 2.19. The first kappa shape index (κ1) is 12.0. The number of nitrogens with one attached hydrogen (secondary N) is 1. The number of rotatable bonds is 6. The summed E-state index contributed by atoms with van der Waals surface area (Å²) in [6, 6.07) is 0.778. The average molecular weight is 197 g/mol. The molecule has 1 fully saturated rings. The van der Waals surface area contributed by atoms with Crippen LogP contribution >= 0.6 is 0 Å². The fourth-order valence-corrected chi connectivity index (χ4v) is 2.56. The molecule has 1 saturated carbocycles. The molecular weight excluding hydrogens is 170 g/mol. The van der Waals surface area contributed by atoms with Gasteiger partial charge in [0.05, 0.1) is 0 Å². The third-order valence-electron chi connectivity index (χ3n) is 3.59. The van der Waals surface area contributed by atoms with E-state index in [0.717, 1.165) is 17.9 Å². The van der Waals surface area contributed by atoms with Gasteiger partial charge < -0.3 is 5.32 Å². The first-order valence-electron chi connectivity index (χ1n) is 6.39. The van der Waals surface area contributed by atoms with Gasteiger partial charge in [0.25, 0.3) is 0 Å². The molecule has 1 aliphatic rings. The molecule has 1 aliphatic carbocycles. The van der Waals surface area contributed by atoms with Crippen LogP contribution in [0.5, 0.6) is 0 Å². The molecule has 0 saturated heterocycles. The van der Waals surface area contributed by atoms with E-state index >= 15 is 0 Å². The third-order valence-corrected chi connectivity index (χ3v) is 3.59. The zero-order valence-electron chi connectivity index (χ0n) is 10.2. The highest BCUT2D eigenvalue weighted by atomic mass is 14.9. The van der Waals surface area contributed by atoms with E-state index in [1.807, 2.05) is 0 Å². The van der Waals surface area contributed by atoms with Crippen LogP contribution in [0.25, 0.3) is 0 Å². The zero-order valence-corrected chi connectivity index (χ0v) is 10.2. The summed E-state index contributed by atoms with van der Waals surface area (Å²) < 4.78 is 0. The van der Waals surface area contributed by atoms with Crippen LogP contribution < -0.4 is 5.32 Å². The van der Waals surface area contributed by atoms with Crippen LogP contribution in [0.4, 0.5) is 0 Å². The van der Waals surface area contributed by atoms with Crippen LogP contribution in [0.1, 0.15) is 58.8 Å². The number of hydrogen-bond donors (Lipinski definition) is 1. The SMILES string of the molecule is CNC(CCC(C)C)CC1CCCC1. The van der Waals surface area contributed by atoms with Crippen LogP contribution in [0.2, 0.25) is 0 Å². The maximum absolute atomic E-state index is 3.48. The van der Waals surface area contributed by atoms with E-state index in [1.54, 1.807) is 0 Å². The van der Waals surface area contributed by atoms with E-state index in [1.165, 1.54) is 44.9 Å². The smallest absolute Gasteiger partial charge is 0.00668 e. The minimum Gasteiger partial charge on any atom is -0.317 e. The van der Waals surface area contributed by atoms with Crippen molar-refractivity contribution in [3.8, 4) is 0 Å². The topological polar surface area (TPSA) is 12.0 Å². The normalized spacial score (nSPS) is 20.6. The maximum atomic E-state index is 3.48. The Bertz CT molecular complexity index is 136. The van der Waals surface area contributed by atoms with Gasteiger partial charge in [-0.3, -0.25) is 0 Å². The quantitative estimate of drug-likeness (QED) is 0.686. The fraction of sp³-hybridized carbons (Fsp3) is 1.00. The molecule has 84 valence electrons. The van der Waals surface area contributed by atoms with Crippen LogP contribution in [0, 0.1) is 11.8 Å². The molecule has 0 bridgehead atoms. The van der Waals surface area contributed by atoms with Gasteiger partial charge in [0.2, 0.25) is 0 Å². The molecule has 1 heteroatoms. The van der Waals surface area contributed by atoms with Gasteiger partial charge >= 0.3 is 0 Å². The van der Waals surface area contributed by atoms with Crippen molar-refractivity contribution in [3.05, 3.63) is 0 Å². The van der Waals surface area contributed by atoms with E-state index in [2.05, 4.69) is 26.2 Å². The molecule has 1 nitrogen and oxygen atoms in total. The molecular formula is C13H27N. The van der Waals surface area contributed by atoms with Crippen molar-refractivity contribution in [3.63, 3.8) is 0 Å². The molecule has 0 aromatic carbocycles. The van der Waals surface area contributed by atoms with E-state index < -0.39 is 0 Å². The molecule has 0 aliphatic heterocycles. The van der Waals surface area contributed by atoms with Crippen molar-refractivity contribution < 1.29 is 0 Å². The Morgan fingerprint density at radius 1 is 1.14 bits per heavy atom. The summed E-state index contributed by atoms with van der Waals surface area (Å²) in [5.41, 5.74) is 0. The van der Waals surface area contributed by atoms with Gasteiger partial charge in [-0.15, -0.1) is 0 Å². The summed E-state index contributed by atoms with van der Waals surface area (Å²) >= 11 is 0. The van der Waals surface area contributed by atoms with Crippen molar-refractivity contribution in [2.45, 2.75) is 64.8 Å². The zero-order chi connectivity index (χ0) is 10.4. The van der Waals surface area contributed by atoms with Gasteiger partial charge in [-0.1, -0.05) is 39.5 Å². The number of hydrogen-bond acceptors (Lipinski definition) is 1. The predicted octanol–water partition coefficient (Wildman–Crippen LogP) is 3.59. The third kappa shape index (κ3) is 4.45. The molecule has 1 rings (SSSR count). The minimum absolute atomic E-state index is 0.778. The van der Waals surface area contributed by atoms with Crippen LogP contribution in [0.15, 0.2) is 0 Å². The monoisotopic (exact) mass is 197 g/mol. The van der Waals surface area contributed by atoms with Crippen molar-refractivity contribution in [2.75, 3.05) is 7.05 Å². The van der Waals surface area contributed by atoms with Crippen LogP contribution in [-0.2, 0) is 0 Å². The molecule has 0 aromatic rings. The summed E-state index contributed by atoms with van der Waals surface area (Å²) in [6.07, 6.45) is 10.1. The van der Waals surface area contributed by atoms with Gasteiger partial charge in [0, 0.05) is 6.04 Å². The highest BCUT2D eigenvalue weighted by Crippen LogP contribution is 2.29. The summed E-state index contributed by atoms with van der Waals surface area (Å²) in [4.78, 5) is 0. The predicted molar refractivity (Wildman–Crippen MR) is 63.5 cm³/mol. The van der Waals surface area contributed by atoms with E-state index in [-0.39, 0.29) is 0 Å². The largest absolute Gasteiger partial charge is 0.317 e. The van der Waals surface area contributed by atoms with Crippen molar-refractivity contribution >= 4 is 0 Å². The Hall–Kier alpha value is -0.0400. The van der Waals surface area contributed by atoms with Crippen molar-refractivity contribution in [1.82, 2.24) is 5.32 Å². The molecule has 1 atom stereocenters. The van der Waals surface area contributed by atoms with Crippen LogP contribution in [0.3, 0.4) is 0 Å². The molecule has 14 heavy (non-hydrogen) atoms. The summed E-state index contributed by atoms with van der Waals surface area (Å²) in [6.45, 7) is 4.64. The second-order valence-corrected chi connectivity index (χ2v) is 5.34. The Kier molecular flexibility index (Phi) is 5.54. The highest BCUT2D eigenvalue weighted by molar-refractivity contribution is 4.75. The first-order chi connectivity index (χ1) is 6.72. The molecule has 0 heterocycles. The van der Waals surface area contributed by atoms with Crippen LogP contribution in [-0.4, -0.2) is 13.1 Å².